The molecule has 1 N–H and O–H groups in total. The van der Waals surface area contributed by atoms with Gasteiger partial charge in [-0.3, -0.25) is 0 Å². The highest BCUT2D eigenvalue weighted by Crippen LogP contribution is 2.58. The number of imidazole rings is 1. The molecule has 7 nitrogen and oxygen atoms in total. The summed E-state index contributed by atoms with van der Waals surface area (Å²) in [6, 6.07) is 5.32. The molecule has 2 saturated carbocycles. The monoisotopic (exact) mass is 391 g/mol. The summed E-state index contributed by atoms with van der Waals surface area (Å²) >= 11 is 0. The second kappa shape index (κ2) is 6.54. The quantitative estimate of drug-likeness (QED) is 0.718. The van der Waals surface area contributed by atoms with E-state index in [1.165, 1.54) is 19.3 Å². The first-order chi connectivity index (χ1) is 13.9. The molecule has 5 rings (SSSR count). The number of phenols is 1. The van der Waals surface area contributed by atoms with Crippen molar-refractivity contribution in [3.8, 4) is 28.7 Å². The first-order valence-electron chi connectivity index (χ1n) is 10.1. The molecule has 2 aromatic heterocycles. The smallest absolute Gasteiger partial charge is 0.252 e. The van der Waals surface area contributed by atoms with Crippen molar-refractivity contribution < 1.29 is 9.84 Å². The van der Waals surface area contributed by atoms with E-state index < -0.39 is 0 Å². The largest absolute Gasteiger partial charge is 0.507 e. The summed E-state index contributed by atoms with van der Waals surface area (Å²) in [6.45, 7) is 4.74. The number of ether oxygens (including phenoxy) is 1. The van der Waals surface area contributed by atoms with Gasteiger partial charge in [0.05, 0.1) is 23.8 Å². The lowest BCUT2D eigenvalue weighted by atomic mass is 9.69. The maximum Gasteiger partial charge on any atom is 0.252 e. The van der Waals surface area contributed by atoms with Crippen molar-refractivity contribution in [3.63, 3.8) is 0 Å². The Kier molecular flexibility index (Phi) is 4.08. The molecule has 0 amide bonds. The Labute approximate surface area is 169 Å². The predicted molar refractivity (Wildman–Crippen MR) is 108 cm³/mol. The molecule has 0 radical (unpaired) electrons. The molecular formula is C22H25N5O2. The zero-order valence-electron chi connectivity index (χ0n) is 16.7. The molecule has 0 saturated heterocycles. The lowest BCUT2D eigenvalue weighted by Gasteiger charge is -2.39. The molecule has 0 aliphatic heterocycles. The van der Waals surface area contributed by atoms with E-state index in [0.29, 0.717) is 28.1 Å². The van der Waals surface area contributed by atoms with E-state index >= 15 is 0 Å². The van der Waals surface area contributed by atoms with E-state index in [-0.39, 0.29) is 11.9 Å². The van der Waals surface area contributed by atoms with Crippen LogP contribution in [-0.2, 0) is 0 Å². The minimum absolute atomic E-state index is 0.0939. The van der Waals surface area contributed by atoms with E-state index in [9.17, 15) is 5.11 Å². The topological polar surface area (TPSA) is 86.0 Å². The van der Waals surface area contributed by atoms with Crippen molar-refractivity contribution >= 4 is 0 Å². The van der Waals surface area contributed by atoms with Gasteiger partial charge in [-0.25, -0.2) is 9.97 Å². The molecule has 2 bridgehead atoms. The third-order valence-corrected chi connectivity index (χ3v) is 6.48. The molecule has 2 heterocycles. The summed E-state index contributed by atoms with van der Waals surface area (Å²) in [5.74, 6) is 0.910. The number of aromatic nitrogens is 5. The molecule has 150 valence electrons. The van der Waals surface area contributed by atoms with Gasteiger partial charge in [0.15, 0.2) is 5.82 Å². The van der Waals surface area contributed by atoms with Gasteiger partial charge in [0.1, 0.15) is 11.9 Å². The average Bonchev–Trinajstić information content (AvgIpc) is 3.28. The van der Waals surface area contributed by atoms with Crippen molar-refractivity contribution in [3.05, 3.63) is 43.1 Å². The summed E-state index contributed by atoms with van der Waals surface area (Å²) in [5, 5.41) is 18.8. The Morgan fingerprint density at radius 2 is 1.93 bits per heavy atom. The third kappa shape index (κ3) is 3.45. The fourth-order valence-electron chi connectivity index (χ4n) is 5.31. The normalized spacial score (nSPS) is 28.4. The first kappa shape index (κ1) is 18.1. The van der Waals surface area contributed by atoms with Crippen LogP contribution in [0.4, 0.5) is 0 Å². The Hall–Kier alpha value is -2.96. The van der Waals surface area contributed by atoms with E-state index in [1.54, 1.807) is 30.9 Å². The molecule has 2 fully saturated rings. The van der Waals surface area contributed by atoms with Crippen molar-refractivity contribution in [2.45, 2.75) is 52.1 Å². The molecule has 29 heavy (non-hydrogen) atoms. The van der Waals surface area contributed by atoms with Crippen molar-refractivity contribution in [2.24, 2.45) is 10.8 Å². The van der Waals surface area contributed by atoms with Gasteiger partial charge in [-0.1, -0.05) is 13.8 Å². The van der Waals surface area contributed by atoms with Crippen LogP contribution < -0.4 is 4.74 Å². The minimum Gasteiger partial charge on any atom is -0.507 e. The SMILES string of the molecule is C[C@]12CC[C@](C)(CC(Oc3cnc(-c4ccc(-n5ccnc5)cc4O)nn3)C1)C2. The van der Waals surface area contributed by atoms with Gasteiger partial charge in [-0.05, 0) is 55.1 Å². The Bertz CT molecular complexity index is 1000. The van der Waals surface area contributed by atoms with Crippen LogP contribution in [-0.4, -0.2) is 35.9 Å². The number of phenolic OH excluding ortho intramolecular Hbond substituents is 1. The van der Waals surface area contributed by atoms with Crippen LogP contribution in [0.25, 0.3) is 17.1 Å². The highest BCUT2D eigenvalue weighted by atomic mass is 16.5. The van der Waals surface area contributed by atoms with Crippen molar-refractivity contribution in [1.29, 1.82) is 0 Å². The zero-order valence-corrected chi connectivity index (χ0v) is 16.7. The first-order valence-corrected chi connectivity index (χ1v) is 10.1. The standard InChI is InChI=1S/C22H25N5O2/c1-21-5-6-22(2,13-21)11-16(10-21)29-19-12-24-20(26-25-19)17-4-3-15(9-18(17)28)27-8-7-23-14-27/h3-4,7-9,12,14,16,28H,5-6,10-11,13H2,1-2H3/t16?,21-,22+. The van der Waals surface area contributed by atoms with Gasteiger partial charge in [0.25, 0.3) is 5.88 Å². The molecule has 3 atom stereocenters. The molecule has 0 spiro atoms. The number of rotatable bonds is 4. The van der Waals surface area contributed by atoms with Gasteiger partial charge >= 0.3 is 0 Å². The van der Waals surface area contributed by atoms with Gasteiger partial charge < -0.3 is 14.4 Å². The summed E-state index contributed by atoms with van der Waals surface area (Å²) in [6.07, 6.45) is 12.9. The minimum atomic E-state index is 0.0939. The van der Waals surface area contributed by atoms with Crippen LogP contribution in [0.3, 0.4) is 0 Å². The number of fused-ring (bicyclic) bond motifs is 2. The van der Waals surface area contributed by atoms with Crippen LogP contribution >= 0.6 is 0 Å². The third-order valence-electron chi connectivity index (χ3n) is 6.48. The lowest BCUT2D eigenvalue weighted by molar-refractivity contribution is 0.0398. The molecule has 1 aromatic carbocycles. The molecular weight excluding hydrogens is 366 g/mol. The zero-order chi connectivity index (χ0) is 20.1. The van der Waals surface area contributed by atoms with Crippen LogP contribution in [0.15, 0.2) is 43.1 Å². The lowest BCUT2D eigenvalue weighted by Crippen LogP contribution is -2.36. The van der Waals surface area contributed by atoms with Crippen LogP contribution in [0, 0.1) is 10.8 Å². The second-order valence-corrected chi connectivity index (χ2v) is 9.24. The van der Waals surface area contributed by atoms with Crippen LogP contribution in [0.5, 0.6) is 11.6 Å². The second-order valence-electron chi connectivity index (χ2n) is 9.24. The fourth-order valence-corrected chi connectivity index (χ4v) is 5.31. The highest BCUT2D eigenvalue weighted by molar-refractivity contribution is 5.65. The van der Waals surface area contributed by atoms with E-state index in [0.717, 1.165) is 18.5 Å². The fraction of sp³-hybridized carbons (Fsp3) is 0.455. The average molecular weight is 391 g/mol. The van der Waals surface area contributed by atoms with E-state index in [1.807, 2.05) is 16.8 Å². The molecule has 2 aliphatic carbocycles. The summed E-state index contributed by atoms with van der Waals surface area (Å²) < 4.78 is 7.96. The van der Waals surface area contributed by atoms with Gasteiger partial charge in [0, 0.05) is 18.5 Å². The van der Waals surface area contributed by atoms with Crippen LogP contribution in [0.2, 0.25) is 0 Å². The van der Waals surface area contributed by atoms with Gasteiger partial charge in [0.2, 0.25) is 0 Å². The van der Waals surface area contributed by atoms with Gasteiger partial charge in [-0.15, -0.1) is 10.2 Å². The van der Waals surface area contributed by atoms with Gasteiger partial charge in [-0.2, -0.15) is 0 Å². The molecule has 7 heteroatoms. The Balaban J connectivity index is 1.32. The van der Waals surface area contributed by atoms with E-state index in [4.69, 9.17) is 4.74 Å². The maximum absolute atomic E-state index is 10.4. The van der Waals surface area contributed by atoms with Crippen molar-refractivity contribution in [2.75, 3.05) is 0 Å². The predicted octanol–water partition coefficient (Wildman–Crippen LogP) is 4.17. The molecule has 2 aliphatic rings. The van der Waals surface area contributed by atoms with E-state index in [2.05, 4.69) is 34.0 Å². The maximum atomic E-state index is 10.4. The van der Waals surface area contributed by atoms with Crippen LogP contribution in [0.1, 0.15) is 46.0 Å². The Morgan fingerprint density at radius 1 is 1.14 bits per heavy atom. The number of aromatic hydroxyl groups is 1. The molecule has 1 unspecified atom stereocenters. The number of hydrogen-bond acceptors (Lipinski definition) is 6. The number of hydrogen-bond donors (Lipinski definition) is 1. The Morgan fingerprint density at radius 3 is 2.55 bits per heavy atom. The molecule has 3 aromatic rings. The van der Waals surface area contributed by atoms with Crippen molar-refractivity contribution in [1.82, 2.24) is 24.7 Å². The summed E-state index contributed by atoms with van der Waals surface area (Å²) in [4.78, 5) is 8.40. The summed E-state index contributed by atoms with van der Waals surface area (Å²) in [5.41, 5.74) is 2.09. The summed E-state index contributed by atoms with van der Waals surface area (Å²) in [7, 11) is 0. The highest BCUT2D eigenvalue weighted by Gasteiger charge is 2.49. The number of benzene rings is 1. The number of nitrogens with zero attached hydrogens (tertiary/aromatic N) is 5.